The van der Waals surface area contributed by atoms with Crippen molar-refractivity contribution in [3.8, 4) is 0 Å². The molecular weight excluding hydrogens is 334 g/mol. The Hall–Kier alpha value is -1.11. The minimum absolute atomic E-state index is 0.230. The molecule has 6 heteroatoms. The van der Waals surface area contributed by atoms with E-state index in [2.05, 4.69) is 33.3 Å². The van der Waals surface area contributed by atoms with E-state index in [1.54, 1.807) is 13.4 Å². The van der Waals surface area contributed by atoms with Gasteiger partial charge in [0.25, 0.3) is 0 Å². The summed E-state index contributed by atoms with van der Waals surface area (Å²) in [4.78, 5) is 0. The number of nitrogens with one attached hydrogen (secondary N) is 1. The summed E-state index contributed by atoms with van der Waals surface area (Å²) in [7, 11) is 1.71. The second kappa shape index (κ2) is 8.36. The van der Waals surface area contributed by atoms with E-state index >= 15 is 0 Å². The topological polar surface area (TPSA) is 52.2 Å². The molecule has 0 aliphatic rings. The summed E-state index contributed by atoms with van der Waals surface area (Å²) in [6.07, 6.45) is 5.42. The molecule has 0 radical (unpaired) electrons. The van der Waals surface area contributed by atoms with Crippen molar-refractivity contribution in [1.29, 1.82) is 0 Å². The Kier molecular flexibility index (Phi) is 6.48. The van der Waals surface area contributed by atoms with Crippen LogP contribution in [0.3, 0.4) is 0 Å². The number of hydrogen-bond donors (Lipinski definition) is 1. The Bertz CT molecular complexity index is 525. The molecule has 21 heavy (non-hydrogen) atoms. The van der Waals surface area contributed by atoms with Crippen LogP contribution in [0.15, 0.2) is 33.5 Å². The average molecular weight is 356 g/mol. The molecule has 116 valence electrons. The van der Waals surface area contributed by atoms with Crippen LogP contribution in [0.5, 0.6) is 0 Å². The molecule has 2 rings (SSSR count). The predicted octanol–water partition coefficient (Wildman–Crippen LogP) is 3.17. The maximum atomic E-state index is 5.42. The van der Waals surface area contributed by atoms with Crippen LogP contribution in [0.25, 0.3) is 0 Å². The fourth-order valence-corrected chi connectivity index (χ4v) is 2.97. The largest absolute Gasteiger partial charge is 0.469 e. The Morgan fingerprint density at radius 1 is 1.52 bits per heavy atom. The van der Waals surface area contributed by atoms with Crippen molar-refractivity contribution < 1.29 is 9.15 Å². The lowest BCUT2D eigenvalue weighted by molar-refractivity contribution is 0.181. The molecule has 0 aliphatic carbocycles. The van der Waals surface area contributed by atoms with Gasteiger partial charge >= 0.3 is 0 Å². The number of aryl methyl sites for hydroxylation is 1. The van der Waals surface area contributed by atoms with E-state index < -0.39 is 0 Å². The molecule has 0 aromatic carbocycles. The highest BCUT2D eigenvalue weighted by atomic mass is 79.9. The van der Waals surface area contributed by atoms with Crippen molar-refractivity contribution in [2.75, 3.05) is 20.3 Å². The fraction of sp³-hybridized carbons (Fsp3) is 0.533. The standard InChI is InChI=1S/C15H22BrN3O2/c1-3-17-14(7-6-12-5-4-9-21-12)15-13(16)11-18-19(15)8-10-20-2/h4-5,9,11,14,17H,3,6-8,10H2,1-2H3. The van der Waals surface area contributed by atoms with Gasteiger partial charge in [0.15, 0.2) is 0 Å². The highest BCUT2D eigenvalue weighted by Crippen LogP contribution is 2.27. The lowest BCUT2D eigenvalue weighted by Crippen LogP contribution is -2.25. The maximum Gasteiger partial charge on any atom is 0.103 e. The average Bonchev–Trinajstić information content (AvgIpc) is 3.11. The van der Waals surface area contributed by atoms with Gasteiger partial charge in [0.05, 0.1) is 41.8 Å². The second-order valence-corrected chi connectivity index (χ2v) is 5.68. The van der Waals surface area contributed by atoms with Crippen LogP contribution in [0.4, 0.5) is 0 Å². The molecular formula is C15H22BrN3O2. The highest BCUT2D eigenvalue weighted by molar-refractivity contribution is 9.10. The van der Waals surface area contributed by atoms with Gasteiger partial charge < -0.3 is 14.5 Å². The smallest absolute Gasteiger partial charge is 0.103 e. The van der Waals surface area contributed by atoms with E-state index in [-0.39, 0.29) is 6.04 Å². The monoisotopic (exact) mass is 355 g/mol. The van der Waals surface area contributed by atoms with E-state index in [1.165, 1.54) is 5.69 Å². The number of ether oxygens (including phenoxy) is 1. The van der Waals surface area contributed by atoms with Gasteiger partial charge in [-0.1, -0.05) is 6.92 Å². The van der Waals surface area contributed by atoms with E-state index in [1.807, 2.05) is 23.0 Å². The molecule has 0 amide bonds. The molecule has 1 N–H and O–H groups in total. The molecule has 0 bridgehead atoms. The summed E-state index contributed by atoms with van der Waals surface area (Å²) in [6, 6.07) is 4.17. The van der Waals surface area contributed by atoms with Crippen LogP contribution in [-0.4, -0.2) is 30.0 Å². The van der Waals surface area contributed by atoms with Crippen LogP contribution in [0.2, 0.25) is 0 Å². The predicted molar refractivity (Wildman–Crippen MR) is 85.2 cm³/mol. The van der Waals surface area contributed by atoms with Crippen molar-refractivity contribution >= 4 is 15.9 Å². The van der Waals surface area contributed by atoms with Gasteiger partial charge in [-0.15, -0.1) is 0 Å². The molecule has 1 unspecified atom stereocenters. The number of rotatable bonds is 9. The lowest BCUT2D eigenvalue weighted by Gasteiger charge is -2.20. The zero-order valence-electron chi connectivity index (χ0n) is 12.5. The van der Waals surface area contributed by atoms with Crippen LogP contribution in [0.1, 0.15) is 30.8 Å². The van der Waals surface area contributed by atoms with Gasteiger partial charge in [-0.3, -0.25) is 4.68 Å². The van der Waals surface area contributed by atoms with Crippen LogP contribution in [0, 0.1) is 0 Å². The van der Waals surface area contributed by atoms with Gasteiger partial charge in [0.1, 0.15) is 5.76 Å². The Balaban J connectivity index is 2.10. The van der Waals surface area contributed by atoms with Crippen molar-refractivity contribution in [1.82, 2.24) is 15.1 Å². The molecule has 0 saturated carbocycles. The van der Waals surface area contributed by atoms with Crippen LogP contribution in [-0.2, 0) is 17.7 Å². The molecule has 0 saturated heterocycles. The number of aromatic nitrogens is 2. The normalized spacial score (nSPS) is 12.7. The summed E-state index contributed by atoms with van der Waals surface area (Å²) in [5.41, 5.74) is 1.17. The van der Waals surface area contributed by atoms with Crippen molar-refractivity contribution in [2.45, 2.75) is 32.4 Å². The van der Waals surface area contributed by atoms with Gasteiger partial charge in [0.2, 0.25) is 0 Å². The van der Waals surface area contributed by atoms with Crippen molar-refractivity contribution in [3.05, 3.63) is 40.5 Å². The summed E-state index contributed by atoms with van der Waals surface area (Å²) in [5.74, 6) is 1.01. The molecule has 2 aromatic heterocycles. The number of methoxy groups -OCH3 is 1. The summed E-state index contributed by atoms with van der Waals surface area (Å²) < 4.78 is 13.6. The molecule has 5 nitrogen and oxygen atoms in total. The summed E-state index contributed by atoms with van der Waals surface area (Å²) in [5, 5.41) is 7.96. The third-order valence-corrected chi connectivity index (χ3v) is 3.99. The summed E-state index contributed by atoms with van der Waals surface area (Å²) >= 11 is 3.61. The van der Waals surface area contributed by atoms with E-state index in [0.29, 0.717) is 6.61 Å². The van der Waals surface area contributed by atoms with Crippen LogP contribution < -0.4 is 5.32 Å². The quantitative estimate of drug-likeness (QED) is 0.750. The third-order valence-electron chi connectivity index (χ3n) is 3.38. The SMILES string of the molecule is CCNC(CCc1ccco1)c1c(Br)cnn1CCOC. The Morgan fingerprint density at radius 3 is 3.05 bits per heavy atom. The van der Waals surface area contributed by atoms with Crippen molar-refractivity contribution in [3.63, 3.8) is 0 Å². The Labute approximate surface area is 133 Å². The maximum absolute atomic E-state index is 5.42. The Morgan fingerprint density at radius 2 is 2.38 bits per heavy atom. The first-order valence-electron chi connectivity index (χ1n) is 7.22. The van der Waals surface area contributed by atoms with Gasteiger partial charge in [-0.2, -0.15) is 5.10 Å². The van der Waals surface area contributed by atoms with E-state index in [9.17, 15) is 0 Å². The zero-order chi connectivity index (χ0) is 15.1. The molecule has 0 fully saturated rings. The van der Waals surface area contributed by atoms with Gasteiger partial charge in [-0.05, 0) is 41.0 Å². The molecule has 2 heterocycles. The molecule has 0 spiro atoms. The number of furan rings is 1. The van der Waals surface area contributed by atoms with Crippen LogP contribution >= 0.6 is 15.9 Å². The minimum atomic E-state index is 0.230. The number of hydrogen-bond acceptors (Lipinski definition) is 4. The lowest BCUT2D eigenvalue weighted by atomic mass is 10.1. The molecule has 0 aliphatic heterocycles. The minimum Gasteiger partial charge on any atom is -0.469 e. The molecule has 1 atom stereocenters. The first-order valence-corrected chi connectivity index (χ1v) is 8.01. The number of halogens is 1. The summed E-state index contributed by atoms with van der Waals surface area (Å²) in [6.45, 7) is 4.42. The van der Waals surface area contributed by atoms with Gasteiger partial charge in [-0.25, -0.2) is 0 Å². The fourth-order valence-electron chi connectivity index (χ4n) is 2.40. The first kappa shape index (κ1) is 16.3. The highest BCUT2D eigenvalue weighted by Gasteiger charge is 2.19. The first-order chi connectivity index (χ1) is 10.3. The van der Waals surface area contributed by atoms with Gasteiger partial charge in [0, 0.05) is 13.5 Å². The second-order valence-electron chi connectivity index (χ2n) is 4.82. The molecule has 2 aromatic rings. The van der Waals surface area contributed by atoms with Crippen molar-refractivity contribution in [2.24, 2.45) is 0 Å². The zero-order valence-corrected chi connectivity index (χ0v) is 14.1. The number of nitrogens with zero attached hydrogens (tertiary/aromatic N) is 2. The van der Waals surface area contributed by atoms with E-state index in [0.717, 1.165) is 36.2 Å². The third kappa shape index (κ3) is 4.43. The van der Waals surface area contributed by atoms with E-state index in [4.69, 9.17) is 9.15 Å².